The van der Waals surface area contributed by atoms with Crippen LogP contribution in [-0.2, 0) is 14.8 Å². The summed E-state index contributed by atoms with van der Waals surface area (Å²) in [5, 5.41) is 5.45. The van der Waals surface area contributed by atoms with Crippen molar-refractivity contribution in [3.8, 4) is 0 Å². The minimum absolute atomic E-state index is 0.118. The van der Waals surface area contributed by atoms with E-state index in [9.17, 15) is 18.0 Å². The number of nitrogens with one attached hydrogen (secondary N) is 3. The van der Waals surface area contributed by atoms with Gasteiger partial charge in [-0.3, -0.25) is 14.3 Å². The summed E-state index contributed by atoms with van der Waals surface area (Å²) < 4.78 is 32.8. The number of ether oxygens (including phenoxy) is 1. The molecule has 0 fully saturated rings. The molecule has 0 unspecified atom stereocenters. The summed E-state index contributed by atoms with van der Waals surface area (Å²) in [6.45, 7) is 2.44. The molecule has 0 saturated carbocycles. The van der Waals surface area contributed by atoms with Crippen LogP contribution in [0.4, 0.5) is 11.4 Å². The van der Waals surface area contributed by atoms with Gasteiger partial charge < -0.3 is 15.4 Å². The van der Waals surface area contributed by atoms with E-state index in [0.717, 1.165) is 0 Å². The minimum atomic E-state index is -3.81. The molecule has 0 spiro atoms. The average Bonchev–Trinajstić information content (AvgIpc) is 2.81. The number of hydrogen-bond donors (Lipinski definition) is 3. The summed E-state index contributed by atoms with van der Waals surface area (Å²) in [6.07, 6.45) is 0. The number of rotatable bonds is 9. The Balaban J connectivity index is 1.80. The number of anilines is 2. The largest absolute Gasteiger partial charge is 0.383 e. The second kappa shape index (κ2) is 10.8. The lowest BCUT2D eigenvalue weighted by Crippen LogP contribution is -2.28. The summed E-state index contributed by atoms with van der Waals surface area (Å²) in [7, 11) is -2.27. The standard InChI is InChI=1S/C24H25N3O5S/c1-17-12-13-18(16-22(17)27-33(30,31)19-8-4-3-5-9-19)23(28)26-21-11-7-6-10-20(21)24(29)25-14-15-32-2/h3-13,16,27H,14-15H2,1-2H3,(H,25,29)(H,26,28). The number of para-hydroxylation sites is 1. The minimum Gasteiger partial charge on any atom is -0.383 e. The number of amides is 2. The van der Waals surface area contributed by atoms with Gasteiger partial charge in [-0.1, -0.05) is 36.4 Å². The van der Waals surface area contributed by atoms with Gasteiger partial charge in [-0.15, -0.1) is 0 Å². The number of hydrogen-bond acceptors (Lipinski definition) is 5. The fourth-order valence-electron chi connectivity index (χ4n) is 3.02. The summed E-state index contributed by atoms with van der Waals surface area (Å²) in [5.74, 6) is -0.824. The molecule has 0 atom stereocenters. The van der Waals surface area contributed by atoms with E-state index in [1.54, 1.807) is 61.5 Å². The topological polar surface area (TPSA) is 114 Å². The Morgan fingerprint density at radius 1 is 0.879 bits per heavy atom. The smallest absolute Gasteiger partial charge is 0.261 e. The second-order valence-electron chi connectivity index (χ2n) is 7.20. The van der Waals surface area contributed by atoms with Crippen LogP contribution >= 0.6 is 0 Å². The zero-order valence-corrected chi connectivity index (χ0v) is 19.1. The summed E-state index contributed by atoms with van der Waals surface area (Å²) >= 11 is 0. The number of carbonyl (C=O) groups is 2. The maximum atomic E-state index is 12.9. The van der Waals surface area contributed by atoms with Crippen LogP contribution in [0.3, 0.4) is 0 Å². The third-order valence-corrected chi connectivity index (χ3v) is 6.19. The van der Waals surface area contributed by atoms with Gasteiger partial charge in [0.25, 0.3) is 21.8 Å². The Labute approximate surface area is 193 Å². The molecule has 0 bridgehead atoms. The number of methoxy groups -OCH3 is 1. The Hall–Kier alpha value is -3.69. The van der Waals surface area contributed by atoms with E-state index in [4.69, 9.17) is 4.74 Å². The van der Waals surface area contributed by atoms with E-state index in [1.165, 1.54) is 25.3 Å². The van der Waals surface area contributed by atoms with E-state index in [1.807, 2.05) is 0 Å². The molecule has 3 aromatic rings. The molecular formula is C24H25N3O5S. The van der Waals surface area contributed by atoms with Crippen LogP contribution in [0.15, 0.2) is 77.7 Å². The van der Waals surface area contributed by atoms with E-state index < -0.39 is 15.9 Å². The zero-order chi connectivity index (χ0) is 23.8. The molecule has 33 heavy (non-hydrogen) atoms. The Bertz CT molecular complexity index is 1240. The molecule has 2 amide bonds. The molecule has 3 rings (SSSR count). The van der Waals surface area contributed by atoms with Crippen molar-refractivity contribution in [2.75, 3.05) is 30.3 Å². The lowest BCUT2D eigenvalue weighted by atomic mass is 10.1. The van der Waals surface area contributed by atoms with E-state index >= 15 is 0 Å². The first-order valence-electron chi connectivity index (χ1n) is 10.2. The molecule has 3 N–H and O–H groups in total. The SMILES string of the molecule is COCCNC(=O)c1ccccc1NC(=O)c1ccc(C)c(NS(=O)(=O)c2ccccc2)c1. The van der Waals surface area contributed by atoms with Gasteiger partial charge in [0.1, 0.15) is 0 Å². The van der Waals surface area contributed by atoms with Gasteiger partial charge in [-0.25, -0.2) is 8.42 Å². The molecule has 0 aromatic heterocycles. The molecule has 0 aliphatic heterocycles. The fraction of sp³-hybridized carbons (Fsp3) is 0.167. The van der Waals surface area contributed by atoms with Gasteiger partial charge in [-0.2, -0.15) is 0 Å². The van der Waals surface area contributed by atoms with E-state index in [-0.39, 0.29) is 22.1 Å². The van der Waals surface area contributed by atoms with Crippen LogP contribution in [0.2, 0.25) is 0 Å². The number of aryl methyl sites for hydroxylation is 1. The van der Waals surface area contributed by atoms with Crippen LogP contribution in [0.5, 0.6) is 0 Å². The number of carbonyl (C=O) groups excluding carboxylic acids is 2. The predicted molar refractivity (Wildman–Crippen MR) is 127 cm³/mol. The van der Waals surface area contributed by atoms with Crippen molar-refractivity contribution < 1.29 is 22.7 Å². The molecule has 0 aliphatic carbocycles. The van der Waals surface area contributed by atoms with Gasteiger partial charge in [0.2, 0.25) is 0 Å². The van der Waals surface area contributed by atoms with E-state index in [0.29, 0.717) is 30.0 Å². The van der Waals surface area contributed by atoms with Crippen LogP contribution in [0, 0.1) is 6.92 Å². The van der Waals surface area contributed by atoms with Gasteiger partial charge in [0, 0.05) is 19.2 Å². The van der Waals surface area contributed by atoms with Crippen LogP contribution < -0.4 is 15.4 Å². The molecule has 8 nitrogen and oxygen atoms in total. The van der Waals surface area contributed by atoms with Crippen molar-refractivity contribution in [2.24, 2.45) is 0 Å². The molecule has 0 saturated heterocycles. The van der Waals surface area contributed by atoms with Gasteiger partial charge in [0.15, 0.2) is 0 Å². The highest BCUT2D eigenvalue weighted by atomic mass is 32.2. The first-order chi connectivity index (χ1) is 15.8. The molecule has 0 heterocycles. The van der Waals surface area contributed by atoms with Crippen molar-refractivity contribution >= 4 is 33.2 Å². The maximum Gasteiger partial charge on any atom is 0.261 e. The molecule has 0 radical (unpaired) electrons. The van der Waals surface area contributed by atoms with E-state index in [2.05, 4.69) is 15.4 Å². The normalized spacial score (nSPS) is 11.0. The predicted octanol–water partition coefficient (Wildman–Crippen LogP) is 3.42. The first kappa shape index (κ1) is 24.0. The van der Waals surface area contributed by atoms with Crippen molar-refractivity contribution in [3.63, 3.8) is 0 Å². The summed E-state index contributed by atoms with van der Waals surface area (Å²) in [5.41, 5.74) is 1.82. The third-order valence-electron chi connectivity index (χ3n) is 4.81. The molecule has 172 valence electrons. The lowest BCUT2D eigenvalue weighted by Gasteiger charge is -2.14. The summed E-state index contributed by atoms with van der Waals surface area (Å²) in [6, 6.07) is 19.3. The molecule has 0 aliphatic rings. The quantitative estimate of drug-likeness (QED) is 0.417. The van der Waals surface area contributed by atoms with Crippen molar-refractivity contribution in [1.29, 1.82) is 0 Å². The fourth-order valence-corrected chi connectivity index (χ4v) is 4.17. The highest BCUT2D eigenvalue weighted by Gasteiger charge is 2.18. The monoisotopic (exact) mass is 467 g/mol. The molecular weight excluding hydrogens is 442 g/mol. The van der Waals surface area contributed by atoms with Gasteiger partial charge in [0.05, 0.1) is 28.4 Å². The summed E-state index contributed by atoms with van der Waals surface area (Å²) in [4.78, 5) is 25.5. The highest BCUT2D eigenvalue weighted by molar-refractivity contribution is 7.92. The zero-order valence-electron chi connectivity index (χ0n) is 18.3. The first-order valence-corrected chi connectivity index (χ1v) is 11.7. The Kier molecular flexibility index (Phi) is 7.81. The van der Waals surface area contributed by atoms with Crippen LogP contribution in [0.1, 0.15) is 26.3 Å². The highest BCUT2D eigenvalue weighted by Crippen LogP contribution is 2.23. The van der Waals surface area contributed by atoms with Crippen LogP contribution in [-0.4, -0.2) is 40.5 Å². The second-order valence-corrected chi connectivity index (χ2v) is 8.88. The third kappa shape index (κ3) is 6.18. The Morgan fingerprint density at radius 3 is 2.30 bits per heavy atom. The molecule has 3 aromatic carbocycles. The van der Waals surface area contributed by atoms with Gasteiger partial charge >= 0.3 is 0 Å². The van der Waals surface area contributed by atoms with Crippen molar-refractivity contribution in [2.45, 2.75) is 11.8 Å². The number of benzene rings is 3. The average molecular weight is 468 g/mol. The van der Waals surface area contributed by atoms with Crippen LogP contribution in [0.25, 0.3) is 0 Å². The van der Waals surface area contributed by atoms with Gasteiger partial charge in [-0.05, 0) is 48.9 Å². The van der Waals surface area contributed by atoms with Crippen molar-refractivity contribution in [3.05, 3.63) is 89.5 Å². The number of sulfonamides is 1. The Morgan fingerprint density at radius 2 is 1.58 bits per heavy atom. The molecule has 9 heteroatoms. The van der Waals surface area contributed by atoms with Crippen molar-refractivity contribution in [1.82, 2.24) is 5.32 Å². The lowest BCUT2D eigenvalue weighted by molar-refractivity contribution is 0.0938. The maximum absolute atomic E-state index is 12.9.